The van der Waals surface area contributed by atoms with Crippen LogP contribution in [0.4, 0.5) is 0 Å². The molecule has 120 valence electrons. The number of methoxy groups -OCH3 is 1. The molecule has 0 spiro atoms. The van der Waals surface area contributed by atoms with Crippen LogP contribution in [0.3, 0.4) is 0 Å². The first-order chi connectivity index (χ1) is 9.93. The van der Waals surface area contributed by atoms with Crippen LogP contribution in [-0.2, 0) is 23.7 Å². The van der Waals surface area contributed by atoms with Crippen LogP contribution in [0.15, 0.2) is 0 Å². The van der Waals surface area contributed by atoms with E-state index < -0.39 is 0 Å². The summed E-state index contributed by atoms with van der Waals surface area (Å²) in [5, 5.41) is 0.885. The van der Waals surface area contributed by atoms with Crippen molar-refractivity contribution >= 4 is 23.5 Å². The molecule has 0 aliphatic carbocycles. The summed E-state index contributed by atoms with van der Waals surface area (Å²) in [5.41, 5.74) is 0. The Hall–Kier alpha value is 0.500. The third-order valence-electron chi connectivity index (χ3n) is 2.42. The Bertz CT molecular complexity index is 205. The number of ether oxygens (including phenoxy) is 5. The zero-order valence-electron chi connectivity index (χ0n) is 12.2. The third kappa shape index (κ3) is 13.5. The molecule has 1 aliphatic rings. The lowest BCUT2D eigenvalue weighted by Gasteiger charge is -2.07. The summed E-state index contributed by atoms with van der Waals surface area (Å²) in [6.45, 7) is 4.93. The summed E-state index contributed by atoms with van der Waals surface area (Å²) in [6.07, 6.45) is 0. The molecule has 0 amide bonds. The molecule has 0 aromatic carbocycles. The lowest BCUT2D eigenvalue weighted by molar-refractivity contribution is -0.00459. The van der Waals surface area contributed by atoms with Crippen molar-refractivity contribution in [3.8, 4) is 0 Å². The smallest absolute Gasteiger partial charge is 0.0922 e. The Morgan fingerprint density at radius 3 is 1.85 bits per heavy atom. The fourth-order valence-corrected chi connectivity index (χ4v) is 3.05. The van der Waals surface area contributed by atoms with Crippen LogP contribution < -0.4 is 0 Å². The van der Waals surface area contributed by atoms with Crippen molar-refractivity contribution in [1.29, 1.82) is 0 Å². The van der Waals surface area contributed by atoms with Crippen LogP contribution in [0.25, 0.3) is 0 Å². The van der Waals surface area contributed by atoms with Gasteiger partial charge in [-0.2, -0.15) is 11.8 Å². The summed E-state index contributed by atoms with van der Waals surface area (Å²) >= 11 is 3.89. The third-order valence-corrected chi connectivity index (χ3v) is 4.57. The molecule has 0 radical (unpaired) electrons. The predicted molar refractivity (Wildman–Crippen MR) is 83.9 cm³/mol. The molecular weight excluding hydrogens is 300 g/mol. The van der Waals surface area contributed by atoms with Gasteiger partial charge in [-0.1, -0.05) is 0 Å². The van der Waals surface area contributed by atoms with E-state index in [0.717, 1.165) is 11.2 Å². The van der Waals surface area contributed by atoms with Crippen molar-refractivity contribution in [1.82, 2.24) is 0 Å². The lowest BCUT2D eigenvalue weighted by atomic mass is 10.6. The van der Waals surface area contributed by atoms with Crippen LogP contribution in [0.1, 0.15) is 0 Å². The highest BCUT2D eigenvalue weighted by atomic mass is 32.2. The zero-order valence-corrected chi connectivity index (χ0v) is 13.8. The van der Waals surface area contributed by atoms with E-state index in [9.17, 15) is 0 Å². The van der Waals surface area contributed by atoms with Gasteiger partial charge in [-0.15, -0.1) is 11.8 Å². The molecule has 1 unspecified atom stereocenters. The fraction of sp³-hybridized carbons (Fsp3) is 1.00. The van der Waals surface area contributed by atoms with Crippen molar-refractivity contribution in [3.63, 3.8) is 0 Å². The molecule has 1 heterocycles. The van der Waals surface area contributed by atoms with E-state index >= 15 is 0 Å². The average molecular weight is 326 g/mol. The molecule has 1 saturated heterocycles. The molecule has 7 heteroatoms. The van der Waals surface area contributed by atoms with Gasteiger partial charge in [-0.3, -0.25) is 0 Å². The average Bonchev–Trinajstić information content (AvgIpc) is 3.27. The number of thioether (sulfide) groups is 2. The second-order valence-electron chi connectivity index (χ2n) is 4.18. The van der Waals surface area contributed by atoms with Gasteiger partial charge in [-0.25, -0.2) is 0 Å². The van der Waals surface area contributed by atoms with Crippen molar-refractivity contribution in [3.05, 3.63) is 0 Å². The lowest BCUT2D eigenvalue weighted by Crippen LogP contribution is -2.12. The van der Waals surface area contributed by atoms with Crippen LogP contribution in [0.5, 0.6) is 0 Å². The first-order valence-corrected chi connectivity index (χ1v) is 9.13. The number of hydrogen-bond acceptors (Lipinski definition) is 7. The molecule has 20 heavy (non-hydrogen) atoms. The van der Waals surface area contributed by atoms with E-state index in [2.05, 4.69) is 0 Å². The van der Waals surface area contributed by atoms with Gasteiger partial charge < -0.3 is 23.7 Å². The Labute approximate surface area is 130 Å². The normalized spacial score (nSPS) is 17.6. The van der Waals surface area contributed by atoms with Gasteiger partial charge in [0, 0.05) is 23.9 Å². The fourth-order valence-electron chi connectivity index (χ4n) is 1.26. The maximum Gasteiger partial charge on any atom is 0.0922 e. The van der Waals surface area contributed by atoms with Crippen LogP contribution in [-0.4, -0.2) is 82.7 Å². The van der Waals surface area contributed by atoms with Gasteiger partial charge in [0.1, 0.15) is 0 Å². The van der Waals surface area contributed by atoms with E-state index in [0.29, 0.717) is 52.9 Å². The molecule has 0 saturated carbocycles. The molecular formula is C13H26O5S2. The van der Waals surface area contributed by atoms with Gasteiger partial charge in [0.05, 0.1) is 58.8 Å². The standard InChI is InChI=1S/C13H26O5S2/c1-14-2-3-15-4-5-16-6-7-17-8-9-18-12-19-10-13-11-20-13/h13H,2-12H2,1H3. The van der Waals surface area contributed by atoms with Crippen LogP contribution in [0, 0.1) is 0 Å². The molecule has 1 fully saturated rings. The SMILES string of the molecule is COCCOCCOCCOCCOCSCC1CS1. The largest absolute Gasteiger partial charge is 0.382 e. The monoisotopic (exact) mass is 326 g/mol. The van der Waals surface area contributed by atoms with E-state index in [4.69, 9.17) is 23.7 Å². The highest BCUT2D eigenvalue weighted by Crippen LogP contribution is 2.32. The first kappa shape index (κ1) is 18.5. The second-order valence-corrected chi connectivity index (χ2v) is 6.49. The summed E-state index contributed by atoms with van der Waals surface area (Å²) < 4.78 is 26.3. The Morgan fingerprint density at radius 1 is 0.850 bits per heavy atom. The Morgan fingerprint density at radius 2 is 1.35 bits per heavy atom. The minimum absolute atomic E-state index is 0.597. The van der Waals surface area contributed by atoms with Crippen LogP contribution in [0.2, 0.25) is 0 Å². The Kier molecular flexibility index (Phi) is 13.4. The molecule has 0 N–H and O–H groups in total. The van der Waals surface area contributed by atoms with E-state index in [1.54, 1.807) is 7.11 Å². The number of hydrogen-bond donors (Lipinski definition) is 0. The van der Waals surface area contributed by atoms with Gasteiger partial charge in [0.25, 0.3) is 0 Å². The molecule has 1 aliphatic heterocycles. The van der Waals surface area contributed by atoms with E-state index in [-0.39, 0.29) is 0 Å². The molecule has 0 aromatic rings. The Balaban J connectivity index is 1.60. The van der Waals surface area contributed by atoms with E-state index in [1.807, 2.05) is 23.5 Å². The van der Waals surface area contributed by atoms with Crippen molar-refractivity contribution in [2.24, 2.45) is 0 Å². The highest BCUT2D eigenvalue weighted by molar-refractivity contribution is 8.08. The minimum Gasteiger partial charge on any atom is -0.382 e. The quantitative estimate of drug-likeness (QED) is 0.242. The molecule has 1 atom stereocenters. The summed E-state index contributed by atoms with van der Waals surface area (Å²) in [7, 11) is 1.66. The van der Waals surface area contributed by atoms with Gasteiger partial charge in [0.15, 0.2) is 0 Å². The van der Waals surface area contributed by atoms with Crippen molar-refractivity contribution in [2.75, 3.05) is 77.4 Å². The van der Waals surface area contributed by atoms with Gasteiger partial charge >= 0.3 is 0 Å². The topological polar surface area (TPSA) is 46.2 Å². The summed E-state index contributed by atoms with van der Waals surface area (Å²) in [4.78, 5) is 0. The summed E-state index contributed by atoms with van der Waals surface area (Å²) in [5.74, 6) is 3.31. The molecule has 0 aromatic heterocycles. The second kappa shape index (κ2) is 14.4. The molecule has 5 nitrogen and oxygen atoms in total. The maximum atomic E-state index is 5.45. The van der Waals surface area contributed by atoms with Crippen molar-refractivity contribution < 1.29 is 23.7 Å². The van der Waals surface area contributed by atoms with Crippen molar-refractivity contribution in [2.45, 2.75) is 5.25 Å². The van der Waals surface area contributed by atoms with Gasteiger partial charge in [-0.05, 0) is 0 Å². The first-order valence-electron chi connectivity index (χ1n) is 6.92. The molecule has 1 rings (SSSR count). The van der Waals surface area contributed by atoms with Crippen LogP contribution >= 0.6 is 23.5 Å². The summed E-state index contributed by atoms with van der Waals surface area (Å²) in [6, 6.07) is 0. The minimum atomic E-state index is 0.597. The zero-order chi connectivity index (χ0) is 14.3. The number of rotatable bonds is 16. The highest BCUT2D eigenvalue weighted by Gasteiger charge is 2.21. The maximum absolute atomic E-state index is 5.45. The van der Waals surface area contributed by atoms with E-state index in [1.165, 1.54) is 11.5 Å². The molecule has 0 bridgehead atoms. The van der Waals surface area contributed by atoms with Gasteiger partial charge in [0.2, 0.25) is 0 Å². The predicted octanol–water partition coefficient (Wildman–Crippen LogP) is 1.51.